The average molecular weight is 630 g/mol. The molecule has 8 heteroatoms. The first-order valence-electron chi connectivity index (χ1n) is 16.1. The number of rotatable bonds is 8. The Labute approximate surface area is 273 Å². The zero-order valence-electron chi connectivity index (χ0n) is 26.1. The van der Waals surface area contributed by atoms with Gasteiger partial charge in [0, 0.05) is 41.7 Å². The van der Waals surface area contributed by atoms with Gasteiger partial charge in [-0.2, -0.15) is 0 Å². The number of carbonyl (C=O) groups excluding carboxylic acids is 2. The number of carbonyl (C=O) groups is 2. The van der Waals surface area contributed by atoms with Crippen molar-refractivity contribution in [1.29, 1.82) is 0 Å². The zero-order valence-corrected chi connectivity index (χ0v) is 26.9. The lowest BCUT2D eigenvalue weighted by atomic mass is 9.89. The lowest BCUT2D eigenvalue weighted by Gasteiger charge is -2.32. The summed E-state index contributed by atoms with van der Waals surface area (Å²) in [7, 11) is 0. The van der Waals surface area contributed by atoms with E-state index in [0.717, 1.165) is 43.0 Å². The van der Waals surface area contributed by atoms with Crippen LogP contribution >= 0.6 is 11.3 Å². The second-order valence-corrected chi connectivity index (χ2v) is 13.6. The van der Waals surface area contributed by atoms with Gasteiger partial charge < -0.3 is 11.1 Å². The number of nitrogens with one attached hydrogen (secondary N) is 2. The molecule has 5 aromatic rings. The Morgan fingerprint density at radius 2 is 1.70 bits per heavy atom. The molecule has 4 N–H and O–H groups in total. The van der Waals surface area contributed by atoms with Gasteiger partial charge in [0.25, 0.3) is 0 Å². The molecule has 0 bridgehead atoms. The molecule has 2 fully saturated rings. The Hall–Kier alpha value is -4.37. The van der Waals surface area contributed by atoms with Gasteiger partial charge in [0.15, 0.2) is 0 Å². The number of imide groups is 1. The minimum absolute atomic E-state index is 0.192. The van der Waals surface area contributed by atoms with Crippen molar-refractivity contribution < 1.29 is 9.59 Å². The quantitative estimate of drug-likeness (QED) is 0.160. The van der Waals surface area contributed by atoms with E-state index in [9.17, 15) is 9.59 Å². The summed E-state index contributed by atoms with van der Waals surface area (Å²) >= 11 is 1.74. The highest BCUT2D eigenvalue weighted by Gasteiger charge is 2.26. The van der Waals surface area contributed by atoms with Gasteiger partial charge in [-0.15, -0.1) is 11.3 Å². The van der Waals surface area contributed by atoms with Crippen molar-refractivity contribution in [3.63, 3.8) is 0 Å². The molecule has 2 aliphatic heterocycles. The van der Waals surface area contributed by atoms with Crippen molar-refractivity contribution >= 4 is 39.1 Å². The number of piperidine rings is 2. The van der Waals surface area contributed by atoms with Gasteiger partial charge in [0.1, 0.15) is 10.9 Å². The molecule has 2 aromatic heterocycles. The number of aryl methyl sites for hydroxylation is 1. The minimum atomic E-state index is -0.356. The molecule has 0 aliphatic carbocycles. The predicted octanol–water partition coefficient (Wildman–Crippen LogP) is 6.99. The molecule has 1 unspecified atom stereocenters. The number of fused-ring (bicyclic) bond motifs is 1. The summed E-state index contributed by atoms with van der Waals surface area (Å²) in [4.78, 5) is 33.0. The molecule has 234 valence electrons. The van der Waals surface area contributed by atoms with Gasteiger partial charge in [-0.05, 0) is 108 Å². The van der Waals surface area contributed by atoms with Gasteiger partial charge in [-0.3, -0.25) is 19.8 Å². The Balaban J connectivity index is 0.953. The zero-order chi connectivity index (χ0) is 31.6. The fraction of sp³-hybridized carbons (Fsp3) is 0.289. The normalized spacial score (nSPS) is 17.7. The lowest BCUT2D eigenvalue weighted by Crippen LogP contribution is -2.47. The smallest absolute Gasteiger partial charge is 0.249 e. The van der Waals surface area contributed by atoms with Crippen molar-refractivity contribution in [2.45, 2.75) is 57.7 Å². The highest BCUT2D eigenvalue weighted by atomic mass is 32.1. The van der Waals surface area contributed by atoms with Gasteiger partial charge in [-0.1, -0.05) is 54.6 Å². The van der Waals surface area contributed by atoms with E-state index in [4.69, 9.17) is 5.73 Å². The third-order valence-electron chi connectivity index (χ3n) is 9.50. The Morgan fingerprint density at radius 3 is 2.41 bits per heavy atom. The second-order valence-electron chi connectivity index (χ2n) is 12.6. The number of thiophene rings is 1. The number of hydrogen-bond acceptors (Lipinski definition) is 7. The van der Waals surface area contributed by atoms with Crippen LogP contribution in [-0.4, -0.2) is 40.8 Å². The van der Waals surface area contributed by atoms with E-state index in [1.807, 2.05) is 6.20 Å². The summed E-state index contributed by atoms with van der Waals surface area (Å²) in [6.45, 7) is 5.77. The third-order valence-corrected chi connectivity index (χ3v) is 10.6. The van der Waals surface area contributed by atoms with Crippen molar-refractivity contribution in [1.82, 2.24) is 15.2 Å². The minimum Gasteiger partial charge on any atom is -0.374 e. The van der Waals surface area contributed by atoms with Crippen molar-refractivity contribution in [2.24, 2.45) is 5.73 Å². The lowest BCUT2D eigenvalue weighted by molar-refractivity contribution is -0.133. The molecular formula is C38H39N5O2S. The van der Waals surface area contributed by atoms with Crippen molar-refractivity contribution in [3.8, 4) is 21.6 Å². The first-order valence-corrected chi connectivity index (χ1v) is 17.0. The number of nitrogens with two attached hydrogens (primary N) is 1. The van der Waals surface area contributed by atoms with Crippen LogP contribution < -0.4 is 16.4 Å². The van der Waals surface area contributed by atoms with E-state index in [1.165, 1.54) is 49.2 Å². The van der Waals surface area contributed by atoms with Crippen LogP contribution in [0.25, 0.3) is 31.8 Å². The van der Waals surface area contributed by atoms with Crippen LogP contribution in [-0.2, 0) is 22.7 Å². The summed E-state index contributed by atoms with van der Waals surface area (Å²) < 4.78 is 0. The van der Waals surface area contributed by atoms with Crippen LogP contribution in [0.4, 0.5) is 5.69 Å². The number of hydrogen-bond donors (Lipinski definition) is 3. The summed E-state index contributed by atoms with van der Waals surface area (Å²) in [6.07, 6.45) is 5.07. The van der Waals surface area contributed by atoms with Gasteiger partial charge in [0.05, 0.1) is 0 Å². The maximum Gasteiger partial charge on any atom is 0.249 e. The first kappa shape index (κ1) is 30.3. The highest BCUT2D eigenvalue weighted by molar-refractivity contribution is 7.21. The van der Waals surface area contributed by atoms with E-state index < -0.39 is 0 Å². The highest BCUT2D eigenvalue weighted by Crippen LogP contribution is 2.38. The van der Waals surface area contributed by atoms with E-state index >= 15 is 0 Å². The molecule has 2 aliphatic rings. The fourth-order valence-electron chi connectivity index (χ4n) is 6.77. The summed E-state index contributed by atoms with van der Waals surface area (Å²) in [5.41, 5.74) is 15.5. The molecule has 46 heavy (non-hydrogen) atoms. The molecule has 0 radical (unpaired) electrons. The molecule has 7 rings (SSSR count). The SMILES string of the molecule is Cc1cc(-c2ccnc3sc(-c4ccc(CN5CCC(c6ccc(NC7CCC(=O)NC7=O)cc6)CC5)cc4)cc23)ccc1CN. The predicted molar refractivity (Wildman–Crippen MR) is 187 cm³/mol. The Morgan fingerprint density at radius 1 is 0.935 bits per heavy atom. The molecule has 1 atom stereocenters. The fourth-order valence-corrected chi connectivity index (χ4v) is 7.80. The topological polar surface area (TPSA) is 100 Å². The van der Waals surface area contributed by atoms with Gasteiger partial charge in [0.2, 0.25) is 11.8 Å². The van der Waals surface area contributed by atoms with Crippen molar-refractivity contribution in [2.75, 3.05) is 18.4 Å². The monoisotopic (exact) mass is 629 g/mol. The second kappa shape index (κ2) is 13.2. The van der Waals surface area contributed by atoms with Gasteiger partial charge in [-0.25, -0.2) is 4.98 Å². The number of anilines is 1. The molecule has 2 saturated heterocycles. The maximum atomic E-state index is 12.1. The number of likely N-dealkylation sites (tertiary alicyclic amines) is 1. The van der Waals surface area contributed by atoms with E-state index in [1.54, 1.807) is 11.3 Å². The van der Waals surface area contributed by atoms with Gasteiger partial charge >= 0.3 is 0 Å². The average Bonchev–Trinajstić information content (AvgIpc) is 3.52. The van der Waals surface area contributed by atoms with E-state index in [0.29, 0.717) is 25.3 Å². The summed E-state index contributed by atoms with van der Waals surface area (Å²) in [5, 5.41) is 6.87. The van der Waals surface area contributed by atoms with E-state index in [2.05, 4.69) is 106 Å². The van der Waals surface area contributed by atoms with Crippen molar-refractivity contribution in [3.05, 3.63) is 107 Å². The molecule has 7 nitrogen and oxygen atoms in total. The van der Waals surface area contributed by atoms with Crippen LogP contribution in [0.1, 0.15) is 53.9 Å². The van der Waals surface area contributed by atoms with Crippen LogP contribution in [0.15, 0.2) is 85.1 Å². The first-order chi connectivity index (χ1) is 22.4. The molecule has 2 amide bonds. The molecule has 0 saturated carbocycles. The number of benzene rings is 3. The third kappa shape index (κ3) is 6.47. The van der Waals surface area contributed by atoms with Crippen LogP contribution in [0.2, 0.25) is 0 Å². The van der Waals surface area contributed by atoms with Crippen LogP contribution in [0.3, 0.4) is 0 Å². The molecule has 0 spiro atoms. The molecule has 4 heterocycles. The van der Waals surface area contributed by atoms with E-state index in [-0.39, 0.29) is 17.9 Å². The largest absolute Gasteiger partial charge is 0.374 e. The molecular weight excluding hydrogens is 591 g/mol. The van der Waals surface area contributed by atoms with Crippen LogP contribution in [0.5, 0.6) is 0 Å². The number of aromatic nitrogens is 1. The molecule has 3 aromatic carbocycles. The number of amides is 2. The summed E-state index contributed by atoms with van der Waals surface area (Å²) in [5.74, 6) is 0.105. The standard InChI is InChI=1S/C38H39N5O2S/c1-24-20-29(6-7-30(24)22-39)32-14-17-40-38-33(32)21-35(46-38)28-4-2-25(3-5-28)23-43-18-15-27(16-19-43)26-8-10-31(11-9-26)41-34-12-13-36(44)42-37(34)45/h2-11,14,17,20-21,27,34,41H,12-13,15-16,18-19,22-23,39H2,1H3,(H,42,44,45). The summed E-state index contributed by atoms with van der Waals surface area (Å²) in [6, 6.07) is 28.1. The Bertz CT molecular complexity index is 1870. The number of pyridine rings is 1. The Kier molecular flexibility index (Phi) is 8.67. The maximum absolute atomic E-state index is 12.1. The van der Waals surface area contributed by atoms with Crippen LogP contribution in [0, 0.1) is 6.92 Å². The number of nitrogens with zero attached hydrogens (tertiary/aromatic N) is 2.